The van der Waals surface area contributed by atoms with E-state index in [4.69, 9.17) is 0 Å². The number of hydrogen-bond acceptors (Lipinski definition) is 2. The quantitative estimate of drug-likeness (QED) is 0.819. The van der Waals surface area contributed by atoms with E-state index < -0.39 is 0 Å². The molecule has 3 nitrogen and oxygen atoms in total. The zero-order valence-electron chi connectivity index (χ0n) is 9.18. The van der Waals surface area contributed by atoms with E-state index in [-0.39, 0.29) is 5.91 Å². The van der Waals surface area contributed by atoms with Crippen LogP contribution in [0, 0.1) is 13.8 Å². The molecule has 0 saturated heterocycles. The molecule has 1 N–H and O–H groups in total. The van der Waals surface area contributed by atoms with Crippen molar-refractivity contribution >= 4 is 17.9 Å². The van der Waals surface area contributed by atoms with Crippen LogP contribution in [-0.2, 0) is 9.59 Å². The first-order valence-electron chi connectivity index (χ1n) is 4.87. The van der Waals surface area contributed by atoms with Gasteiger partial charge >= 0.3 is 0 Å². The lowest BCUT2D eigenvalue weighted by atomic mass is 10.0. The first-order valence-corrected chi connectivity index (χ1v) is 4.87. The normalized spacial score (nSPS) is 9.80. The molecule has 1 rings (SSSR count). The van der Waals surface area contributed by atoms with Gasteiger partial charge in [-0.2, -0.15) is 0 Å². The van der Waals surface area contributed by atoms with Crippen LogP contribution < -0.4 is 5.32 Å². The third kappa shape index (κ3) is 2.65. The molecule has 0 heterocycles. The molecule has 1 aromatic rings. The number of rotatable bonds is 3. The molecule has 3 heteroatoms. The smallest absolute Gasteiger partial charge is 0.233 e. The van der Waals surface area contributed by atoms with Gasteiger partial charge in [0.25, 0.3) is 0 Å². The standard InChI is InChI=1S/C12H14NO2/c1-4-11(15)13-12-8(2)5-10(7-14)6-9(12)3/h5-6H,4H2,1-3H3,(H,13,15). The van der Waals surface area contributed by atoms with E-state index in [2.05, 4.69) is 5.32 Å². The number of carbonyl (C=O) groups excluding carboxylic acids is 2. The summed E-state index contributed by atoms with van der Waals surface area (Å²) in [5.74, 6) is -0.0240. The Morgan fingerprint density at radius 2 is 1.87 bits per heavy atom. The molecule has 15 heavy (non-hydrogen) atoms. The molecule has 0 aliphatic heterocycles. The number of benzene rings is 1. The van der Waals surface area contributed by atoms with E-state index in [1.165, 1.54) is 0 Å². The van der Waals surface area contributed by atoms with Crippen LogP contribution in [0.15, 0.2) is 12.1 Å². The SMILES string of the molecule is CCC(=O)Nc1c(C)cc([C]=O)cc1C. The van der Waals surface area contributed by atoms with Crippen LogP contribution in [0.5, 0.6) is 0 Å². The number of nitrogens with one attached hydrogen (secondary N) is 1. The molecule has 0 unspecified atom stereocenters. The molecule has 0 aliphatic carbocycles. The van der Waals surface area contributed by atoms with Crippen molar-refractivity contribution in [3.8, 4) is 0 Å². The molecule has 1 radical (unpaired) electrons. The van der Waals surface area contributed by atoms with Crippen molar-refractivity contribution < 1.29 is 9.59 Å². The fourth-order valence-corrected chi connectivity index (χ4v) is 1.45. The zero-order chi connectivity index (χ0) is 11.4. The van der Waals surface area contributed by atoms with Crippen molar-refractivity contribution in [1.29, 1.82) is 0 Å². The van der Waals surface area contributed by atoms with Crippen LogP contribution >= 0.6 is 0 Å². The zero-order valence-corrected chi connectivity index (χ0v) is 9.18. The number of anilines is 1. The van der Waals surface area contributed by atoms with Gasteiger partial charge in [0.1, 0.15) is 0 Å². The second-order valence-electron chi connectivity index (χ2n) is 3.49. The molecule has 0 bridgehead atoms. The first kappa shape index (κ1) is 11.4. The van der Waals surface area contributed by atoms with E-state index in [9.17, 15) is 9.59 Å². The summed E-state index contributed by atoms with van der Waals surface area (Å²) in [6.45, 7) is 5.52. The van der Waals surface area contributed by atoms with Crippen molar-refractivity contribution in [2.45, 2.75) is 27.2 Å². The van der Waals surface area contributed by atoms with Crippen LogP contribution in [0.2, 0.25) is 0 Å². The number of amides is 1. The molecule has 1 aromatic carbocycles. The van der Waals surface area contributed by atoms with Crippen LogP contribution in [0.3, 0.4) is 0 Å². The summed E-state index contributed by atoms with van der Waals surface area (Å²) in [7, 11) is 0. The second kappa shape index (κ2) is 4.73. The van der Waals surface area contributed by atoms with Crippen molar-refractivity contribution in [1.82, 2.24) is 0 Å². The lowest BCUT2D eigenvalue weighted by Gasteiger charge is -2.11. The summed E-state index contributed by atoms with van der Waals surface area (Å²) in [6.07, 6.45) is 2.29. The first-order chi connectivity index (χ1) is 7.08. The molecule has 0 spiro atoms. The Morgan fingerprint density at radius 1 is 1.33 bits per heavy atom. The Labute approximate surface area is 89.5 Å². The largest absolute Gasteiger partial charge is 0.326 e. The average molecular weight is 204 g/mol. The van der Waals surface area contributed by atoms with Gasteiger partial charge in [-0.25, -0.2) is 0 Å². The maximum atomic E-state index is 11.3. The summed E-state index contributed by atoms with van der Waals surface area (Å²) < 4.78 is 0. The molecule has 79 valence electrons. The van der Waals surface area contributed by atoms with Crippen LogP contribution in [0.4, 0.5) is 5.69 Å². The Morgan fingerprint density at radius 3 is 2.27 bits per heavy atom. The fourth-order valence-electron chi connectivity index (χ4n) is 1.45. The van der Waals surface area contributed by atoms with E-state index in [1.807, 2.05) is 20.1 Å². The summed E-state index contributed by atoms with van der Waals surface area (Å²) in [5, 5.41) is 2.81. The predicted octanol–water partition coefficient (Wildman–Crippen LogP) is 2.11. The molecule has 0 aliphatic rings. The lowest BCUT2D eigenvalue weighted by Crippen LogP contribution is -2.12. The Hall–Kier alpha value is -1.64. The Bertz CT molecular complexity index is 374. The molecule has 0 saturated carbocycles. The average Bonchev–Trinajstić information content (AvgIpc) is 2.22. The second-order valence-corrected chi connectivity index (χ2v) is 3.49. The van der Waals surface area contributed by atoms with Gasteiger partial charge in [-0.05, 0) is 37.1 Å². The Balaban J connectivity index is 3.08. The van der Waals surface area contributed by atoms with Gasteiger partial charge in [-0.1, -0.05) is 6.92 Å². The maximum Gasteiger partial charge on any atom is 0.233 e. The van der Waals surface area contributed by atoms with E-state index >= 15 is 0 Å². The molecule has 0 aromatic heterocycles. The highest BCUT2D eigenvalue weighted by Crippen LogP contribution is 2.21. The van der Waals surface area contributed by atoms with Crippen molar-refractivity contribution in [3.63, 3.8) is 0 Å². The highest BCUT2D eigenvalue weighted by atomic mass is 16.1. The molecule has 0 fully saturated rings. The minimum absolute atomic E-state index is 0.0240. The number of hydrogen-bond donors (Lipinski definition) is 1. The minimum Gasteiger partial charge on any atom is -0.326 e. The Kier molecular flexibility index (Phi) is 3.61. The monoisotopic (exact) mass is 204 g/mol. The van der Waals surface area contributed by atoms with Gasteiger partial charge in [-0.3, -0.25) is 9.59 Å². The highest BCUT2D eigenvalue weighted by Gasteiger charge is 2.07. The lowest BCUT2D eigenvalue weighted by molar-refractivity contribution is -0.115. The molecular weight excluding hydrogens is 190 g/mol. The van der Waals surface area contributed by atoms with E-state index in [1.54, 1.807) is 19.1 Å². The fraction of sp³-hybridized carbons (Fsp3) is 0.333. The van der Waals surface area contributed by atoms with Gasteiger partial charge in [0, 0.05) is 17.7 Å². The maximum absolute atomic E-state index is 11.3. The number of carbonyl (C=O) groups is 1. The number of aryl methyl sites for hydroxylation is 2. The highest BCUT2D eigenvalue weighted by molar-refractivity contribution is 5.93. The van der Waals surface area contributed by atoms with Gasteiger partial charge in [-0.15, -0.1) is 0 Å². The van der Waals surface area contributed by atoms with Crippen molar-refractivity contribution in [3.05, 3.63) is 28.8 Å². The van der Waals surface area contributed by atoms with E-state index in [0.29, 0.717) is 12.0 Å². The summed E-state index contributed by atoms with van der Waals surface area (Å²) >= 11 is 0. The van der Waals surface area contributed by atoms with Crippen LogP contribution in [0.25, 0.3) is 0 Å². The molecular formula is C12H14NO2. The summed E-state index contributed by atoms with van der Waals surface area (Å²) in [5.41, 5.74) is 3.07. The van der Waals surface area contributed by atoms with Crippen molar-refractivity contribution in [2.24, 2.45) is 0 Å². The van der Waals surface area contributed by atoms with Crippen molar-refractivity contribution in [2.75, 3.05) is 5.32 Å². The van der Waals surface area contributed by atoms with Gasteiger partial charge < -0.3 is 5.32 Å². The summed E-state index contributed by atoms with van der Waals surface area (Å²) in [6, 6.07) is 3.43. The summed E-state index contributed by atoms with van der Waals surface area (Å²) in [4.78, 5) is 21.7. The van der Waals surface area contributed by atoms with Crippen LogP contribution in [0.1, 0.15) is 30.0 Å². The molecule has 0 atom stereocenters. The van der Waals surface area contributed by atoms with E-state index in [0.717, 1.165) is 16.8 Å². The van der Waals surface area contributed by atoms with Gasteiger partial charge in [0.05, 0.1) is 0 Å². The van der Waals surface area contributed by atoms with Gasteiger partial charge in [0.2, 0.25) is 12.2 Å². The third-order valence-corrected chi connectivity index (χ3v) is 2.24. The third-order valence-electron chi connectivity index (χ3n) is 2.24. The van der Waals surface area contributed by atoms with Gasteiger partial charge in [0.15, 0.2) is 0 Å². The molecule has 1 amide bonds. The van der Waals surface area contributed by atoms with Crippen LogP contribution in [-0.4, -0.2) is 12.2 Å². The minimum atomic E-state index is -0.0240. The topological polar surface area (TPSA) is 46.2 Å². The predicted molar refractivity (Wildman–Crippen MR) is 59.6 cm³/mol.